The third-order valence-electron chi connectivity index (χ3n) is 4.76. The number of carbonyl (C=O) groups excluding carboxylic acids is 1. The molecule has 1 atom stereocenters. The molecule has 1 N–H and O–H groups in total. The van der Waals surface area contributed by atoms with Crippen molar-refractivity contribution in [2.24, 2.45) is 5.41 Å². The zero-order chi connectivity index (χ0) is 19.3. The number of aliphatic hydroxyl groups is 1. The Morgan fingerprint density at radius 3 is 2.44 bits per heavy atom. The largest absolute Gasteiger partial charge is 0.394 e. The first-order valence-electron chi connectivity index (χ1n) is 8.99. The van der Waals surface area contributed by atoms with E-state index in [1.54, 1.807) is 23.1 Å². The van der Waals surface area contributed by atoms with Crippen molar-refractivity contribution in [3.05, 3.63) is 77.6 Å². The Hall–Kier alpha value is -2.50. The Labute approximate surface area is 158 Å². The summed E-state index contributed by atoms with van der Waals surface area (Å²) in [7, 11) is 0. The van der Waals surface area contributed by atoms with Crippen molar-refractivity contribution in [3.63, 3.8) is 0 Å². The maximum atomic E-state index is 13.3. The van der Waals surface area contributed by atoms with Crippen molar-refractivity contribution in [3.8, 4) is 0 Å². The molecule has 1 heterocycles. The molecule has 0 aliphatic carbocycles. The van der Waals surface area contributed by atoms with Crippen LogP contribution in [0.15, 0.2) is 60.7 Å². The number of ether oxygens (including phenoxy) is 1. The zero-order valence-electron chi connectivity index (χ0n) is 15.3. The van der Waals surface area contributed by atoms with Gasteiger partial charge in [-0.1, -0.05) is 49.4 Å². The van der Waals surface area contributed by atoms with Crippen LogP contribution in [0, 0.1) is 11.2 Å². The minimum absolute atomic E-state index is 0.149. The molecule has 2 aromatic carbocycles. The fourth-order valence-corrected chi connectivity index (χ4v) is 3.19. The molecule has 27 heavy (non-hydrogen) atoms. The van der Waals surface area contributed by atoms with Gasteiger partial charge in [-0.15, -0.1) is 0 Å². The second kappa shape index (κ2) is 8.46. The van der Waals surface area contributed by atoms with E-state index in [-0.39, 0.29) is 23.7 Å². The third kappa shape index (κ3) is 4.81. The van der Waals surface area contributed by atoms with Crippen molar-refractivity contribution < 1.29 is 19.0 Å². The summed E-state index contributed by atoms with van der Waals surface area (Å²) in [6.07, 6.45) is 3.28. The van der Waals surface area contributed by atoms with Crippen LogP contribution in [0.2, 0.25) is 0 Å². The minimum atomic E-state index is -0.545. The normalized spacial score (nSPS) is 16.7. The molecule has 0 bridgehead atoms. The highest BCUT2D eigenvalue weighted by Crippen LogP contribution is 2.32. The number of rotatable bonds is 7. The van der Waals surface area contributed by atoms with Crippen molar-refractivity contribution in [2.45, 2.75) is 13.0 Å². The van der Waals surface area contributed by atoms with Gasteiger partial charge in [0, 0.05) is 18.0 Å². The average Bonchev–Trinajstić information content (AvgIpc) is 2.66. The number of carbonyl (C=O) groups is 1. The molecule has 142 valence electrons. The maximum absolute atomic E-state index is 13.3. The zero-order valence-corrected chi connectivity index (χ0v) is 15.3. The lowest BCUT2D eigenvalue weighted by molar-refractivity contribution is -0.145. The highest BCUT2D eigenvalue weighted by Gasteiger charge is 2.38. The van der Waals surface area contributed by atoms with Crippen molar-refractivity contribution >= 4 is 12.0 Å². The quantitative estimate of drug-likeness (QED) is 0.761. The van der Waals surface area contributed by atoms with Crippen LogP contribution < -0.4 is 0 Å². The molecule has 4 nitrogen and oxygen atoms in total. The molecule has 2 aromatic rings. The van der Waals surface area contributed by atoms with Crippen LogP contribution in [-0.2, 0) is 9.53 Å². The summed E-state index contributed by atoms with van der Waals surface area (Å²) in [6, 6.07) is 14.9. The smallest absolute Gasteiger partial charge is 0.247 e. The first kappa shape index (κ1) is 19.3. The van der Waals surface area contributed by atoms with E-state index in [1.807, 2.05) is 30.3 Å². The molecule has 1 saturated heterocycles. The molecule has 3 rings (SSSR count). The van der Waals surface area contributed by atoms with Gasteiger partial charge in [0.2, 0.25) is 5.91 Å². The van der Waals surface area contributed by atoms with Gasteiger partial charge in [-0.25, -0.2) is 4.39 Å². The lowest BCUT2D eigenvalue weighted by Gasteiger charge is -2.43. The standard InChI is InChI=1S/C22H24FNO3/c1-22(15-27-16-22)14-24(20(13-25)18-8-10-19(23)11-9-18)21(26)12-7-17-5-3-2-4-6-17/h2-12,20,25H,13-16H2,1H3/b12-7+. The summed E-state index contributed by atoms with van der Waals surface area (Å²) in [5.74, 6) is -0.549. The second-order valence-corrected chi connectivity index (χ2v) is 7.26. The summed E-state index contributed by atoms with van der Waals surface area (Å²) in [6.45, 7) is 3.40. The van der Waals surface area contributed by atoms with Crippen LogP contribution in [0.4, 0.5) is 4.39 Å². The number of amides is 1. The van der Waals surface area contributed by atoms with E-state index in [0.717, 1.165) is 5.56 Å². The molecule has 5 heteroatoms. The highest BCUT2D eigenvalue weighted by atomic mass is 19.1. The molecule has 0 spiro atoms. The number of aliphatic hydroxyl groups excluding tert-OH is 1. The van der Waals surface area contributed by atoms with E-state index in [0.29, 0.717) is 25.3 Å². The van der Waals surface area contributed by atoms with Crippen LogP contribution in [0.5, 0.6) is 0 Å². The van der Waals surface area contributed by atoms with E-state index < -0.39 is 6.04 Å². The predicted octanol–water partition coefficient (Wildman–Crippen LogP) is 3.44. The Kier molecular flexibility index (Phi) is 6.04. The summed E-state index contributed by atoms with van der Waals surface area (Å²) in [4.78, 5) is 14.6. The molecular weight excluding hydrogens is 345 g/mol. The Morgan fingerprint density at radius 1 is 1.22 bits per heavy atom. The Balaban J connectivity index is 1.85. The first-order chi connectivity index (χ1) is 13.0. The summed E-state index contributed by atoms with van der Waals surface area (Å²) < 4.78 is 18.6. The first-order valence-corrected chi connectivity index (χ1v) is 8.99. The van der Waals surface area contributed by atoms with Crippen molar-refractivity contribution in [1.29, 1.82) is 0 Å². The van der Waals surface area contributed by atoms with E-state index in [9.17, 15) is 14.3 Å². The predicted molar refractivity (Wildman–Crippen MR) is 102 cm³/mol. The molecular formula is C22H24FNO3. The van der Waals surface area contributed by atoms with Gasteiger partial charge in [0.1, 0.15) is 5.82 Å². The Bertz CT molecular complexity index is 785. The molecule has 0 aromatic heterocycles. The fraction of sp³-hybridized carbons (Fsp3) is 0.318. The number of hydrogen-bond acceptors (Lipinski definition) is 3. The Morgan fingerprint density at radius 2 is 1.89 bits per heavy atom. The van der Waals surface area contributed by atoms with E-state index in [1.165, 1.54) is 18.2 Å². The number of hydrogen-bond donors (Lipinski definition) is 1. The van der Waals surface area contributed by atoms with Crippen LogP contribution in [0.1, 0.15) is 24.1 Å². The number of halogens is 1. The van der Waals surface area contributed by atoms with E-state index in [4.69, 9.17) is 4.74 Å². The molecule has 0 radical (unpaired) electrons. The fourth-order valence-electron chi connectivity index (χ4n) is 3.19. The van der Waals surface area contributed by atoms with Crippen LogP contribution in [0.3, 0.4) is 0 Å². The van der Waals surface area contributed by atoms with Crippen molar-refractivity contribution in [1.82, 2.24) is 4.90 Å². The van der Waals surface area contributed by atoms with E-state index >= 15 is 0 Å². The molecule has 1 amide bonds. The minimum Gasteiger partial charge on any atom is -0.394 e. The number of nitrogens with zero attached hydrogens (tertiary/aromatic N) is 1. The highest BCUT2D eigenvalue weighted by molar-refractivity contribution is 5.92. The maximum Gasteiger partial charge on any atom is 0.247 e. The van der Waals surface area contributed by atoms with Gasteiger partial charge >= 0.3 is 0 Å². The number of benzene rings is 2. The van der Waals surface area contributed by atoms with Gasteiger partial charge in [0.15, 0.2) is 0 Å². The van der Waals surface area contributed by atoms with Gasteiger partial charge < -0.3 is 14.7 Å². The molecule has 1 unspecified atom stereocenters. The topological polar surface area (TPSA) is 49.8 Å². The van der Waals surface area contributed by atoms with Crippen LogP contribution in [0.25, 0.3) is 6.08 Å². The second-order valence-electron chi connectivity index (χ2n) is 7.26. The lowest BCUT2D eigenvalue weighted by Crippen LogP contribution is -2.51. The summed E-state index contributed by atoms with van der Waals surface area (Å²) >= 11 is 0. The van der Waals surface area contributed by atoms with Crippen molar-refractivity contribution in [2.75, 3.05) is 26.4 Å². The van der Waals surface area contributed by atoms with Crippen LogP contribution >= 0.6 is 0 Å². The van der Waals surface area contributed by atoms with Gasteiger partial charge in [-0.2, -0.15) is 0 Å². The molecule has 1 aliphatic rings. The van der Waals surface area contributed by atoms with E-state index in [2.05, 4.69) is 6.92 Å². The van der Waals surface area contributed by atoms with Gasteiger partial charge in [0.25, 0.3) is 0 Å². The summed E-state index contributed by atoms with van der Waals surface area (Å²) in [5, 5.41) is 10.00. The van der Waals surface area contributed by atoms with Gasteiger partial charge in [0.05, 0.1) is 25.9 Å². The summed E-state index contributed by atoms with van der Waals surface area (Å²) in [5.41, 5.74) is 1.47. The van der Waals surface area contributed by atoms with Gasteiger partial charge in [-0.3, -0.25) is 4.79 Å². The monoisotopic (exact) mass is 369 g/mol. The SMILES string of the molecule is CC1(CN(C(=O)/C=C/c2ccccc2)C(CO)c2ccc(F)cc2)COC1. The lowest BCUT2D eigenvalue weighted by atomic mass is 9.87. The molecule has 1 fully saturated rings. The third-order valence-corrected chi connectivity index (χ3v) is 4.76. The van der Waals surface area contributed by atoms with Crippen LogP contribution in [-0.4, -0.2) is 42.3 Å². The molecule has 0 saturated carbocycles. The molecule has 1 aliphatic heterocycles. The average molecular weight is 369 g/mol. The van der Waals surface area contributed by atoms with Gasteiger partial charge in [-0.05, 0) is 29.3 Å².